The minimum Gasteiger partial charge on any atom is -0.481 e. The van der Waals surface area contributed by atoms with Crippen molar-refractivity contribution in [3.63, 3.8) is 0 Å². The van der Waals surface area contributed by atoms with E-state index in [0.29, 0.717) is 5.76 Å². The lowest BCUT2D eigenvalue weighted by molar-refractivity contribution is -0.146. The van der Waals surface area contributed by atoms with Crippen LogP contribution >= 0.6 is 0 Å². The topological polar surface area (TPSA) is 92.4 Å². The molecule has 1 aromatic heterocycles. The maximum absolute atomic E-state index is 11.7. The van der Waals surface area contributed by atoms with Gasteiger partial charge in [-0.3, -0.25) is 9.59 Å². The number of carbonyl (C=O) groups is 2. The Kier molecular flexibility index (Phi) is 4.11. The average molecular weight is 254 g/mol. The number of nitrogens with one attached hydrogen (secondary N) is 1. The van der Waals surface area contributed by atoms with Crippen molar-refractivity contribution in [1.29, 1.82) is 0 Å². The number of amides is 1. The molecular formula is C12H18N2O4. The molecule has 18 heavy (non-hydrogen) atoms. The second kappa shape index (κ2) is 5.20. The van der Waals surface area contributed by atoms with Crippen LogP contribution in [-0.2, 0) is 4.79 Å². The number of rotatable bonds is 5. The van der Waals surface area contributed by atoms with Crippen LogP contribution in [0.2, 0.25) is 0 Å². The lowest BCUT2D eigenvalue weighted by atomic mass is 9.94. The largest absolute Gasteiger partial charge is 0.481 e. The molecule has 0 saturated heterocycles. The van der Waals surface area contributed by atoms with Crippen molar-refractivity contribution in [3.05, 3.63) is 17.5 Å². The van der Waals surface area contributed by atoms with E-state index in [9.17, 15) is 9.59 Å². The van der Waals surface area contributed by atoms with Crippen molar-refractivity contribution in [2.45, 2.75) is 33.6 Å². The first-order valence-electron chi connectivity index (χ1n) is 5.72. The van der Waals surface area contributed by atoms with Gasteiger partial charge in [0.05, 0.1) is 5.41 Å². The molecule has 0 aliphatic rings. The molecule has 0 bridgehead atoms. The van der Waals surface area contributed by atoms with E-state index in [4.69, 9.17) is 9.63 Å². The number of carboxylic acids is 1. The fourth-order valence-corrected chi connectivity index (χ4v) is 1.14. The van der Waals surface area contributed by atoms with Crippen LogP contribution in [0.4, 0.5) is 0 Å². The van der Waals surface area contributed by atoms with Gasteiger partial charge in [0.2, 0.25) is 0 Å². The molecule has 0 saturated carbocycles. The molecule has 0 atom stereocenters. The van der Waals surface area contributed by atoms with Crippen molar-refractivity contribution < 1.29 is 19.2 Å². The van der Waals surface area contributed by atoms with Crippen LogP contribution in [0.5, 0.6) is 0 Å². The third-order valence-corrected chi connectivity index (χ3v) is 2.60. The van der Waals surface area contributed by atoms with Gasteiger partial charge in [0.25, 0.3) is 5.91 Å². The van der Waals surface area contributed by atoms with Crippen LogP contribution in [-0.4, -0.2) is 28.7 Å². The molecular weight excluding hydrogens is 236 g/mol. The number of hydrogen-bond acceptors (Lipinski definition) is 4. The predicted molar refractivity (Wildman–Crippen MR) is 64.3 cm³/mol. The zero-order valence-electron chi connectivity index (χ0n) is 11.0. The monoisotopic (exact) mass is 254 g/mol. The maximum Gasteiger partial charge on any atom is 0.310 e. The van der Waals surface area contributed by atoms with Gasteiger partial charge in [0.15, 0.2) is 5.69 Å². The Morgan fingerprint density at radius 1 is 1.50 bits per heavy atom. The van der Waals surface area contributed by atoms with Crippen LogP contribution in [0.25, 0.3) is 0 Å². The number of carboxylic acid groups (broad SMARTS) is 1. The number of aromatic nitrogens is 1. The molecule has 0 aliphatic carbocycles. The molecule has 0 aliphatic heterocycles. The molecule has 100 valence electrons. The zero-order chi connectivity index (χ0) is 13.9. The third-order valence-electron chi connectivity index (χ3n) is 2.60. The maximum atomic E-state index is 11.7. The van der Waals surface area contributed by atoms with Gasteiger partial charge in [0, 0.05) is 18.5 Å². The summed E-state index contributed by atoms with van der Waals surface area (Å²) in [5.74, 6) is -0.627. The average Bonchev–Trinajstić information content (AvgIpc) is 2.75. The number of carbonyl (C=O) groups excluding carboxylic acids is 1. The van der Waals surface area contributed by atoms with Crippen molar-refractivity contribution in [3.8, 4) is 0 Å². The van der Waals surface area contributed by atoms with Gasteiger partial charge in [-0.2, -0.15) is 0 Å². The highest BCUT2D eigenvalue weighted by atomic mass is 16.5. The Morgan fingerprint density at radius 3 is 2.56 bits per heavy atom. The fraction of sp³-hybridized carbons (Fsp3) is 0.583. The Labute approximate surface area is 105 Å². The summed E-state index contributed by atoms with van der Waals surface area (Å²) < 4.78 is 5.00. The summed E-state index contributed by atoms with van der Waals surface area (Å²) in [6.45, 7) is 6.96. The smallest absolute Gasteiger partial charge is 0.310 e. The van der Waals surface area contributed by atoms with E-state index in [-0.39, 0.29) is 18.2 Å². The Balaban J connectivity index is 2.63. The van der Waals surface area contributed by atoms with Crippen LogP contribution in [0.1, 0.15) is 49.9 Å². The van der Waals surface area contributed by atoms with E-state index < -0.39 is 17.3 Å². The van der Waals surface area contributed by atoms with Gasteiger partial charge in [0.1, 0.15) is 5.76 Å². The molecule has 6 heteroatoms. The molecule has 2 N–H and O–H groups in total. The van der Waals surface area contributed by atoms with Gasteiger partial charge in [-0.15, -0.1) is 0 Å². The first-order valence-corrected chi connectivity index (χ1v) is 5.72. The van der Waals surface area contributed by atoms with Crippen LogP contribution in [0.3, 0.4) is 0 Å². The summed E-state index contributed by atoms with van der Waals surface area (Å²) in [7, 11) is 0. The second-order valence-corrected chi connectivity index (χ2v) is 5.14. The summed E-state index contributed by atoms with van der Waals surface area (Å²) in [5, 5.41) is 15.1. The molecule has 0 spiro atoms. The van der Waals surface area contributed by atoms with Gasteiger partial charge in [-0.1, -0.05) is 19.0 Å². The third kappa shape index (κ3) is 3.32. The molecule has 1 heterocycles. The van der Waals surface area contributed by atoms with E-state index in [0.717, 1.165) is 0 Å². The van der Waals surface area contributed by atoms with Crippen LogP contribution < -0.4 is 5.32 Å². The minimum absolute atomic E-state index is 0.0328. The highest BCUT2D eigenvalue weighted by Crippen LogP contribution is 2.16. The molecule has 1 rings (SSSR count). The molecule has 0 unspecified atom stereocenters. The highest BCUT2D eigenvalue weighted by Gasteiger charge is 2.28. The Bertz CT molecular complexity index is 449. The standard InChI is InChI=1S/C12H18N2O4/c1-7(2)9-5-8(14-18-9)10(15)13-6-12(3,4)11(16)17/h5,7H,6H2,1-4H3,(H,13,15)(H,16,17). The van der Waals surface area contributed by atoms with Crippen LogP contribution in [0.15, 0.2) is 10.6 Å². The molecule has 1 aromatic rings. The first-order chi connectivity index (χ1) is 8.24. The second-order valence-electron chi connectivity index (χ2n) is 5.14. The summed E-state index contributed by atoms with van der Waals surface area (Å²) in [6, 6.07) is 1.56. The molecule has 1 amide bonds. The molecule has 0 fully saturated rings. The summed E-state index contributed by atoms with van der Waals surface area (Å²) in [4.78, 5) is 22.6. The predicted octanol–water partition coefficient (Wildman–Crippen LogP) is 1.64. The van der Waals surface area contributed by atoms with Crippen molar-refractivity contribution >= 4 is 11.9 Å². The normalized spacial score (nSPS) is 11.6. The van der Waals surface area contributed by atoms with Crippen molar-refractivity contribution in [1.82, 2.24) is 10.5 Å². The SMILES string of the molecule is CC(C)c1cc(C(=O)NCC(C)(C)C(=O)O)no1. The highest BCUT2D eigenvalue weighted by molar-refractivity contribution is 5.92. The van der Waals surface area contributed by atoms with Gasteiger partial charge in [-0.25, -0.2) is 0 Å². The molecule has 0 aromatic carbocycles. The van der Waals surface area contributed by atoms with E-state index in [1.54, 1.807) is 6.07 Å². The van der Waals surface area contributed by atoms with Gasteiger partial charge in [-0.05, 0) is 13.8 Å². The van der Waals surface area contributed by atoms with E-state index >= 15 is 0 Å². The molecule has 6 nitrogen and oxygen atoms in total. The van der Waals surface area contributed by atoms with E-state index in [1.165, 1.54) is 13.8 Å². The lowest BCUT2D eigenvalue weighted by Crippen LogP contribution is -2.39. The van der Waals surface area contributed by atoms with Gasteiger partial charge >= 0.3 is 5.97 Å². The summed E-state index contributed by atoms with van der Waals surface area (Å²) in [5.41, 5.74) is -0.847. The Morgan fingerprint density at radius 2 is 2.11 bits per heavy atom. The van der Waals surface area contributed by atoms with Crippen molar-refractivity contribution in [2.75, 3.05) is 6.54 Å². The number of aliphatic carboxylic acids is 1. The zero-order valence-corrected chi connectivity index (χ0v) is 11.0. The van der Waals surface area contributed by atoms with Gasteiger partial charge < -0.3 is 14.9 Å². The summed E-state index contributed by atoms with van der Waals surface area (Å²) >= 11 is 0. The minimum atomic E-state index is -1.01. The summed E-state index contributed by atoms with van der Waals surface area (Å²) in [6.07, 6.45) is 0. The van der Waals surface area contributed by atoms with E-state index in [2.05, 4.69) is 10.5 Å². The molecule has 0 radical (unpaired) electrons. The van der Waals surface area contributed by atoms with E-state index in [1.807, 2.05) is 13.8 Å². The number of hydrogen-bond donors (Lipinski definition) is 2. The first kappa shape index (κ1) is 14.2. The quantitative estimate of drug-likeness (QED) is 0.833. The lowest BCUT2D eigenvalue weighted by Gasteiger charge is -2.18. The number of nitrogens with zero attached hydrogens (tertiary/aromatic N) is 1. The fourth-order valence-electron chi connectivity index (χ4n) is 1.14. The van der Waals surface area contributed by atoms with Crippen molar-refractivity contribution in [2.24, 2.45) is 5.41 Å². The Hall–Kier alpha value is -1.85. The van der Waals surface area contributed by atoms with Crippen LogP contribution in [0, 0.1) is 5.41 Å².